The van der Waals surface area contributed by atoms with Crippen molar-refractivity contribution in [1.82, 2.24) is 14.9 Å². The Labute approximate surface area is 117 Å². The summed E-state index contributed by atoms with van der Waals surface area (Å²) < 4.78 is 0. The predicted molar refractivity (Wildman–Crippen MR) is 80.8 cm³/mol. The Hall–Kier alpha value is -1.20. The second-order valence-electron chi connectivity index (χ2n) is 5.48. The number of hydrogen-bond acceptors (Lipinski definition) is 5. The quantitative estimate of drug-likeness (QED) is 0.935. The fourth-order valence-electron chi connectivity index (χ4n) is 2.83. The van der Waals surface area contributed by atoms with Crippen LogP contribution in [0.2, 0.25) is 0 Å². The molecule has 0 atom stereocenters. The van der Waals surface area contributed by atoms with Gasteiger partial charge < -0.3 is 10.2 Å². The Kier molecular flexibility index (Phi) is 3.66. The van der Waals surface area contributed by atoms with E-state index in [4.69, 9.17) is 0 Å². The maximum atomic E-state index is 4.40. The number of hydrogen-bond donors (Lipinski definition) is 1. The van der Waals surface area contributed by atoms with E-state index in [1.54, 1.807) is 17.7 Å². The first-order valence-electron chi connectivity index (χ1n) is 6.85. The second-order valence-corrected chi connectivity index (χ2v) is 6.37. The lowest BCUT2D eigenvalue weighted by Gasteiger charge is -2.33. The molecule has 0 amide bonds. The van der Waals surface area contributed by atoms with Gasteiger partial charge in [-0.2, -0.15) is 0 Å². The van der Waals surface area contributed by atoms with Gasteiger partial charge in [0.05, 0.1) is 5.39 Å². The second kappa shape index (κ2) is 5.43. The van der Waals surface area contributed by atoms with Crippen molar-refractivity contribution in [2.45, 2.75) is 37.8 Å². The molecule has 1 fully saturated rings. The van der Waals surface area contributed by atoms with Crippen LogP contribution in [0.1, 0.15) is 25.7 Å². The lowest BCUT2D eigenvalue weighted by Crippen LogP contribution is -2.36. The zero-order valence-corrected chi connectivity index (χ0v) is 12.3. The number of nitrogens with zero attached hydrogens (tertiary/aromatic N) is 3. The maximum Gasteiger partial charge on any atom is 0.138 e. The van der Waals surface area contributed by atoms with Crippen LogP contribution >= 0.6 is 11.3 Å². The zero-order chi connectivity index (χ0) is 13.2. The Morgan fingerprint density at radius 2 is 2.00 bits per heavy atom. The molecule has 2 aromatic rings. The van der Waals surface area contributed by atoms with Crippen LogP contribution in [0.4, 0.5) is 5.82 Å². The van der Waals surface area contributed by atoms with Gasteiger partial charge >= 0.3 is 0 Å². The third-order valence-electron chi connectivity index (χ3n) is 4.03. The molecular formula is C14H20N4S. The van der Waals surface area contributed by atoms with Crippen molar-refractivity contribution in [3.63, 3.8) is 0 Å². The molecule has 1 N–H and O–H groups in total. The SMILES string of the molecule is CN(C)C1CCC(Nc2ncnc3sccc23)CC1. The summed E-state index contributed by atoms with van der Waals surface area (Å²) in [6, 6.07) is 3.40. The summed E-state index contributed by atoms with van der Waals surface area (Å²) in [6.07, 6.45) is 6.63. The highest BCUT2D eigenvalue weighted by Gasteiger charge is 2.22. The van der Waals surface area contributed by atoms with E-state index in [1.807, 2.05) is 0 Å². The highest BCUT2D eigenvalue weighted by molar-refractivity contribution is 7.16. The van der Waals surface area contributed by atoms with Gasteiger partial charge in [0.2, 0.25) is 0 Å². The van der Waals surface area contributed by atoms with Crippen molar-refractivity contribution in [2.24, 2.45) is 0 Å². The molecule has 1 aliphatic carbocycles. The van der Waals surface area contributed by atoms with E-state index in [0.717, 1.165) is 22.1 Å². The summed E-state index contributed by atoms with van der Waals surface area (Å²) in [5.74, 6) is 1.000. The Morgan fingerprint density at radius 1 is 1.21 bits per heavy atom. The molecule has 5 heteroatoms. The summed E-state index contributed by atoms with van der Waals surface area (Å²) in [4.78, 5) is 12.1. The zero-order valence-electron chi connectivity index (χ0n) is 11.5. The van der Waals surface area contributed by atoms with E-state index in [-0.39, 0.29) is 0 Å². The molecule has 2 heterocycles. The minimum atomic E-state index is 0.550. The average Bonchev–Trinajstić information content (AvgIpc) is 2.89. The van der Waals surface area contributed by atoms with Crippen LogP contribution in [0.3, 0.4) is 0 Å². The molecule has 0 radical (unpaired) electrons. The van der Waals surface area contributed by atoms with Crippen LogP contribution in [0.15, 0.2) is 17.8 Å². The lowest BCUT2D eigenvalue weighted by atomic mass is 9.90. The Balaban J connectivity index is 1.68. The standard InChI is InChI=1S/C14H20N4S/c1-18(2)11-5-3-10(4-6-11)17-13-12-7-8-19-14(12)16-9-15-13/h7-11H,3-6H2,1-2H3,(H,15,16,17). The van der Waals surface area contributed by atoms with Gasteiger partial charge in [0, 0.05) is 12.1 Å². The van der Waals surface area contributed by atoms with E-state index in [0.29, 0.717) is 6.04 Å². The van der Waals surface area contributed by atoms with Crippen molar-refractivity contribution < 1.29 is 0 Å². The Morgan fingerprint density at radius 3 is 2.74 bits per heavy atom. The van der Waals surface area contributed by atoms with Gasteiger partial charge in [-0.05, 0) is 51.2 Å². The van der Waals surface area contributed by atoms with Crippen molar-refractivity contribution in [2.75, 3.05) is 19.4 Å². The third-order valence-corrected chi connectivity index (χ3v) is 4.85. The van der Waals surface area contributed by atoms with Crippen LogP contribution in [0.25, 0.3) is 10.2 Å². The average molecular weight is 276 g/mol. The molecule has 3 rings (SSSR count). The first-order chi connectivity index (χ1) is 9.24. The molecular weight excluding hydrogens is 256 g/mol. The number of aromatic nitrogens is 2. The third kappa shape index (κ3) is 2.72. The molecule has 0 aliphatic heterocycles. The van der Waals surface area contributed by atoms with E-state index >= 15 is 0 Å². The fourth-order valence-corrected chi connectivity index (χ4v) is 3.57. The van der Waals surface area contributed by atoms with Crippen molar-refractivity contribution in [3.8, 4) is 0 Å². The molecule has 0 unspecified atom stereocenters. The van der Waals surface area contributed by atoms with E-state index in [1.165, 1.54) is 25.7 Å². The van der Waals surface area contributed by atoms with Crippen molar-refractivity contribution in [1.29, 1.82) is 0 Å². The van der Waals surface area contributed by atoms with Gasteiger partial charge in [0.15, 0.2) is 0 Å². The minimum absolute atomic E-state index is 0.550. The number of fused-ring (bicyclic) bond motifs is 1. The van der Waals surface area contributed by atoms with Gasteiger partial charge in [-0.25, -0.2) is 9.97 Å². The Bertz CT molecular complexity index is 543. The fraction of sp³-hybridized carbons (Fsp3) is 0.571. The number of rotatable bonds is 3. The van der Waals surface area contributed by atoms with Gasteiger partial charge in [-0.1, -0.05) is 0 Å². The highest BCUT2D eigenvalue weighted by Crippen LogP contribution is 2.28. The topological polar surface area (TPSA) is 41.0 Å². The predicted octanol–water partition coefficient (Wildman–Crippen LogP) is 2.98. The largest absolute Gasteiger partial charge is 0.367 e. The van der Waals surface area contributed by atoms with E-state index in [9.17, 15) is 0 Å². The number of anilines is 1. The molecule has 102 valence electrons. The van der Waals surface area contributed by atoms with Gasteiger partial charge in [-0.15, -0.1) is 11.3 Å². The molecule has 0 bridgehead atoms. The summed E-state index contributed by atoms with van der Waals surface area (Å²) in [6.45, 7) is 0. The van der Waals surface area contributed by atoms with Gasteiger partial charge in [0.25, 0.3) is 0 Å². The minimum Gasteiger partial charge on any atom is -0.367 e. The summed E-state index contributed by atoms with van der Waals surface area (Å²) in [7, 11) is 4.36. The van der Waals surface area contributed by atoms with Crippen LogP contribution in [0.5, 0.6) is 0 Å². The van der Waals surface area contributed by atoms with Crippen molar-refractivity contribution in [3.05, 3.63) is 17.8 Å². The monoisotopic (exact) mass is 276 g/mol. The first kappa shape index (κ1) is 12.8. The maximum absolute atomic E-state index is 4.40. The van der Waals surface area contributed by atoms with Crippen LogP contribution in [-0.2, 0) is 0 Å². The highest BCUT2D eigenvalue weighted by atomic mass is 32.1. The van der Waals surface area contributed by atoms with Gasteiger partial charge in [0.1, 0.15) is 17.0 Å². The molecule has 2 aromatic heterocycles. The summed E-state index contributed by atoms with van der Waals surface area (Å²) >= 11 is 1.67. The molecule has 0 saturated heterocycles. The molecule has 4 nitrogen and oxygen atoms in total. The summed E-state index contributed by atoms with van der Waals surface area (Å²) in [5.41, 5.74) is 0. The van der Waals surface area contributed by atoms with E-state index in [2.05, 4.69) is 45.7 Å². The molecule has 19 heavy (non-hydrogen) atoms. The van der Waals surface area contributed by atoms with Crippen molar-refractivity contribution >= 4 is 27.4 Å². The van der Waals surface area contributed by atoms with E-state index < -0.39 is 0 Å². The summed E-state index contributed by atoms with van der Waals surface area (Å²) in [5, 5.41) is 6.84. The number of nitrogens with one attached hydrogen (secondary N) is 1. The number of thiophene rings is 1. The van der Waals surface area contributed by atoms with Crippen LogP contribution < -0.4 is 5.32 Å². The lowest BCUT2D eigenvalue weighted by molar-refractivity contribution is 0.221. The molecule has 1 aliphatic rings. The molecule has 0 aromatic carbocycles. The normalized spacial score (nSPS) is 23.9. The van der Waals surface area contributed by atoms with Crippen LogP contribution in [0, 0.1) is 0 Å². The van der Waals surface area contributed by atoms with Gasteiger partial charge in [-0.3, -0.25) is 0 Å². The first-order valence-corrected chi connectivity index (χ1v) is 7.73. The smallest absolute Gasteiger partial charge is 0.138 e. The molecule has 0 spiro atoms. The molecule has 1 saturated carbocycles. The van der Waals surface area contributed by atoms with Crippen LogP contribution in [-0.4, -0.2) is 41.0 Å².